The molecule has 90 valence electrons. The van der Waals surface area contributed by atoms with Crippen molar-refractivity contribution in [1.29, 1.82) is 0 Å². The van der Waals surface area contributed by atoms with Gasteiger partial charge >= 0.3 is 0 Å². The lowest BCUT2D eigenvalue weighted by atomic mass is 9.81. The Labute approximate surface area is 97.0 Å². The highest BCUT2D eigenvalue weighted by Gasteiger charge is 2.25. The van der Waals surface area contributed by atoms with Gasteiger partial charge in [-0.05, 0) is 18.8 Å². The smallest absolute Gasteiger partial charge is 0.146 e. The molecule has 1 heterocycles. The number of imidazole rings is 1. The molecule has 0 atom stereocenters. The second-order valence-corrected chi connectivity index (χ2v) is 4.98. The predicted octanol–water partition coefficient (Wildman–Crippen LogP) is 2.04. The molecule has 2 rings (SSSR count). The first-order valence-electron chi connectivity index (χ1n) is 6.25. The molecule has 4 nitrogen and oxygen atoms in total. The maximum Gasteiger partial charge on any atom is 0.146 e. The highest BCUT2D eigenvalue weighted by atomic mass is 15.4. The van der Waals surface area contributed by atoms with Gasteiger partial charge in [-0.2, -0.15) is 0 Å². The second kappa shape index (κ2) is 4.36. The summed E-state index contributed by atoms with van der Waals surface area (Å²) in [6, 6.07) is 0. The zero-order chi connectivity index (χ0) is 11.7. The van der Waals surface area contributed by atoms with Crippen molar-refractivity contribution in [1.82, 2.24) is 9.66 Å². The molecule has 0 saturated heterocycles. The number of anilines is 1. The average Bonchev–Trinajstić information content (AvgIpc) is 2.57. The summed E-state index contributed by atoms with van der Waals surface area (Å²) in [6.07, 6.45) is 5.80. The molecule has 0 spiro atoms. The largest absolute Gasteiger partial charge is 0.382 e. The van der Waals surface area contributed by atoms with E-state index in [1.54, 1.807) is 4.68 Å². The maximum absolute atomic E-state index is 6.02. The van der Waals surface area contributed by atoms with Crippen molar-refractivity contribution >= 4 is 5.82 Å². The number of aryl methyl sites for hydroxylation is 1. The Balaban J connectivity index is 2.20. The Morgan fingerprint density at radius 1 is 1.31 bits per heavy atom. The lowest BCUT2D eigenvalue weighted by molar-refractivity contribution is 0.345. The van der Waals surface area contributed by atoms with E-state index < -0.39 is 0 Å². The van der Waals surface area contributed by atoms with E-state index in [-0.39, 0.29) is 0 Å². The molecule has 0 amide bonds. The molecule has 4 heteroatoms. The van der Waals surface area contributed by atoms with Gasteiger partial charge in [0, 0.05) is 12.3 Å². The summed E-state index contributed by atoms with van der Waals surface area (Å²) in [5.74, 6) is 8.80. The normalized spacial score (nSPS) is 25.9. The van der Waals surface area contributed by atoms with E-state index in [1.807, 2.05) is 0 Å². The molecule has 4 N–H and O–H groups in total. The summed E-state index contributed by atoms with van der Waals surface area (Å²) in [6.45, 7) is 4.37. The van der Waals surface area contributed by atoms with Crippen LogP contribution in [0.1, 0.15) is 57.0 Å². The fourth-order valence-corrected chi connectivity index (χ4v) is 2.60. The van der Waals surface area contributed by atoms with E-state index in [0.29, 0.717) is 11.7 Å². The molecule has 1 aromatic heterocycles. The van der Waals surface area contributed by atoms with Gasteiger partial charge in [0.15, 0.2) is 0 Å². The Kier molecular flexibility index (Phi) is 3.08. The number of hydrogen-bond acceptors (Lipinski definition) is 3. The van der Waals surface area contributed by atoms with Gasteiger partial charge in [0.2, 0.25) is 0 Å². The van der Waals surface area contributed by atoms with Crippen LogP contribution in [0.2, 0.25) is 0 Å². The summed E-state index contributed by atoms with van der Waals surface area (Å²) in [4.78, 5) is 4.59. The molecule has 1 fully saturated rings. The summed E-state index contributed by atoms with van der Waals surface area (Å²) in [5.41, 5.74) is 7.05. The number of nitrogens with zero attached hydrogens (tertiary/aromatic N) is 2. The van der Waals surface area contributed by atoms with Gasteiger partial charge in [-0.25, -0.2) is 9.66 Å². The number of aromatic nitrogens is 2. The molecule has 0 bridgehead atoms. The van der Waals surface area contributed by atoms with E-state index >= 15 is 0 Å². The van der Waals surface area contributed by atoms with Crippen LogP contribution in [0.5, 0.6) is 0 Å². The third-order valence-corrected chi connectivity index (χ3v) is 3.77. The standard InChI is InChI=1S/C12H22N4/c1-3-10-15-11(12(13)16(10)14)9-6-4-8(2)5-7-9/h8-9H,3-7,13-14H2,1-2H3. The Hall–Kier alpha value is -1.19. The van der Waals surface area contributed by atoms with Crippen molar-refractivity contribution in [3.63, 3.8) is 0 Å². The fourth-order valence-electron chi connectivity index (χ4n) is 2.60. The third-order valence-electron chi connectivity index (χ3n) is 3.77. The SMILES string of the molecule is CCc1nc(C2CCC(C)CC2)c(N)n1N. The van der Waals surface area contributed by atoms with Crippen molar-refractivity contribution in [3.05, 3.63) is 11.5 Å². The minimum Gasteiger partial charge on any atom is -0.382 e. The number of nitrogen functional groups attached to an aromatic ring is 2. The van der Waals surface area contributed by atoms with Crippen LogP contribution in [-0.4, -0.2) is 9.66 Å². The predicted molar refractivity (Wildman–Crippen MR) is 66.5 cm³/mol. The monoisotopic (exact) mass is 222 g/mol. The zero-order valence-electron chi connectivity index (χ0n) is 10.2. The summed E-state index contributed by atoms with van der Waals surface area (Å²) in [5, 5.41) is 0. The second-order valence-electron chi connectivity index (χ2n) is 4.98. The van der Waals surface area contributed by atoms with Crippen LogP contribution in [0.3, 0.4) is 0 Å². The maximum atomic E-state index is 6.02. The Morgan fingerprint density at radius 3 is 2.44 bits per heavy atom. The number of nitrogens with two attached hydrogens (primary N) is 2. The van der Waals surface area contributed by atoms with Crippen molar-refractivity contribution in [2.45, 2.75) is 51.9 Å². The molecule has 0 radical (unpaired) electrons. The summed E-state index contributed by atoms with van der Waals surface area (Å²) in [7, 11) is 0. The first kappa shape index (κ1) is 11.3. The van der Waals surface area contributed by atoms with Crippen molar-refractivity contribution in [2.24, 2.45) is 5.92 Å². The zero-order valence-corrected chi connectivity index (χ0v) is 10.2. The van der Waals surface area contributed by atoms with Crippen LogP contribution < -0.4 is 11.6 Å². The van der Waals surface area contributed by atoms with E-state index in [9.17, 15) is 0 Å². The summed E-state index contributed by atoms with van der Waals surface area (Å²) < 4.78 is 1.55. The molecule has 1 aliphatic carbocycles. The van der Waals surface area contributed by atoms with Gasteiger partial charge < -0.3 is 11.6 Å². The van der Waals surface area contributed by atoms with E-state index in [0.717, 1.165) is 23.9 Å². The Morgan fingerprint density at radius 2 is 1.94 bits per heavy atom. The highest BCUT2D eigenvalue weighted by Crippen LogP contribution is 2.37. The molecular weight excluding hydrogens is 200 g/mol. The van der Waals surface area contributed by atoms with Gasteiger partial charge in [0.05, 0.1) is 5.69 Å². The average molecular weight is 222 g/mol. The minimum absolute atomic E-state index is 0.520. The third kappa shape index (κ3) is 1.88. The lowest BCUT2D eigenvalue weighted by Crippen LogP contribution is -2.16. The van der Waals surface area contributed by atoms with Crippen molar-refractivity contribution in [2.75, 3.05) is 11.6 Å². The van der Waals surface area contributed by atoms with E-state index in [2.05, 4.69) is 18.8 Å². The first-order valence-corrected chi connectivity index (χ1v) is 6.25. The molecule has 1 aromatic rings. The quantitative estimate of drug-likeness (QED) is 0.752. The van der Waals surface area contributed by atoms with Crippen molar-refractivity contribution in [3.8, 4) is 0 Å². The first-order chi connectivity index (χ1) is 7.63. The molecule has 0 unspecified atom stereocenters. The van der Waals surface area contributed by atoms with Gasteiger partial charge in [0.1, 0.15) is 11.6 Å². The van der Waals surface area contributed by atoms with Gasteiger partial charge in [-0.1, -0.05) is 26.7 Å². The molecule has 16 heavy (non-hydrogen) atoms. The molecule has 1 aliphatic rings. The Bertz CT molecular complexity index is 361. The summed E-state index contributed by atoms with van der Waals surface area (Å²) >= 11 is 0. The molecule has 0 aromatic carbocycles. The van der Waals surface area contributed by atoms with Crippen LogP contribution in [0.4, 0.5) is 5.82 Å². The van der Waals surface area contributed by atoms with Gasteiger partial charge in [-0.15, -0.1) is 0 Å². The molecule has 0 aliphatic heterocycles. The van der Waals surface area contributed by atoms with Crippen LogP contribution >= 0.6 is 0 Å². The fraction of sp³-hybridized carbons (Fsp3) is 0.750. The number of hydrogen-bond donors (Lipinski definition) is 2. The van der Waals surface area contributed by atoms with Crippen molar-refractivity contribution < 1.29 is 0 Å². The van der Waals surface area contributed by atoms with E-state index in [4.69, 9.17) is 11.6 Å². The minimum atomic E-state index is 0.520. The molecular formula is C12H22N4. The van der Waals surface area contributed by atoms with Crippen LogP contribution in [0.25, 0.3) is 0 Å². The molecule has 1 saturated carbocycles. The lowest BCUT2D eigenvalue weighted by Gasteiger charge is -2.25. The van der Waals surface area contributed by atoms with Crippen LogP contribution in [-0.2, 0) is 6.42 Å². The van der Waals surface area contributed by atoms with Crippen LogP contribution in [0, 0.1) is 5.92 Å². The highest BCUT2D eigenvalue weighted by molar-refractivity contribution is 5.41. The van der Waals surface area contributed by atoms with E-state index in [1.165, 1.54) is 25.7 Å². The number of rotatable bonds is 2. The van der Waals surface area contributed by atoms with Gasteiger partial charge in [-0.3, -0.25) is 0 Å². The van der Waals surface area contributed by atoms with Crippen LogP contribution in [0.15, 0.2) is 0 Å². The van der Waals surface area contributed by atoms with Gasteiger partial charge in [0.25, 0.3) is 0 Å². The topological polar surface area (TPSA) is 69.9 Å².